The zero-order chi connectivity index (χ0) is 26.8. The molecule has 9 rings (SSSR count). The van der Waals surface area contributed by atoms with Gasteiger partial charge in [-0.1, -0.05) is 55.8 Å². The Hall–Kier alpha value is -4.31. The van der Waals surface area contributed by atoms with Crippen LogP contribution in [0.1, 0.15) is 47.6 Å². The van der Waals surface area contributed by atoms with Crippen molar-refractivity contribution < 1.29 is 4.92 Å². The molecule has 0 N–H and O–H groups in total. The monoisotopic (exact) mass is 512 g/mol. The van der Waals surface area contributed by atoms with Crippen LogP contribution in [0.15, 0.2) is 91.0 Å². The first-order valence-electron chi connectivity index (χ1n) is 14.0. The highest BCUT2D eigenvalue weighted by atomic mass is 16.6. The lowest BCUT2D eigenvalue weighted by molar-refractivity contribution is -0.384. The van der Waals surface area contributed by atoms with Crippen LogP contribution in [0.5, 0.6) is 0 Å². The summed E-state index contributed by atoms with van der Waals surface area (Å²) in [6.45, 7) is 2.21. The molecule has 0 aliphatic heterocycles. The smallest absolute Gasteiger partial charge is 0.258 e. The summed E-state index contributed by atoms with van der Waals surface area (Å²) in [6, 6.07) is 31.6. The van der Waals surface area contributed by atoms with Crippen LogP contribution in [0, 0.1) is 10.1 Å². The van der Waals surface area contributed by atoms with Crippen LogP contribution in [0.25, 0.3) is 33.3 Å². The van der Waals surface area contributed by atoms with Gasteiger partial charge in [0, 0.05) is 28.6 Å². The largest absolute Gasteiger partial charge is 0.269 e. The molecule has 4 aliphatic rings. The molecule has 0 radical (unpaired) electrons. The van der Waals surface area contributed by atoms with Gasteiger partial charge in [0.2, 0.25) is 0 Å². The van der Waals surface area contributed by atoms with Crippen molar-refractivity contribution in [1.82, 2.24) is 4.98 Å². The Balaban J connectivity index is 1.52. The van der Waals surface area contributed by atoms with Crippen LogP contribution in [-0.4, -0.2) is 9.91 Å². The normalized spacial score (nSPS) is 12.8. The molecule has 0 amide bonds. The highest BCUT2D eigenvalue weighted by Gasteiger charge is 2.17. The first-order valence-corrected chi connectivity index (χ1v) is 14.0. The fraction of sp³-hybridized carbons (Fsp3) is 0.229. The molecule has 4 bridgehead atoms. The van der Waals surface area contributed by atoms with Crippen LogP contribution < -0.4 is 0 Å². The van der Waals surface area contributed by atoms with Gasteiger partial charge in [0.05, 0.1) is 16.1 Å². The van der Waals surface area contributed by atoms with Gasteiger partial charge in [0.1, 0.15) is 0 Å². The molecular weight excluding hydrogens is 480 g/mol. The second-order valence-corrected chi connectivity index (χ2v) is 10.6. The molecule has 0 fully saturated rings. The van der Waals surface area contributed by atoms with Gasteiger partial charge in [-0.2, -0.15) is 0 Å². The second-order valence-electron chi connectivity index (χ2n) is 10.6. The predicted octanol–water partition coefficient (Wildman–Crippen LogP) is 8.70. The van der Waals surface area contributed by atoms with E-state index in [4.69, 9.17) is 4.98 Å². The molecule has 4 nitrogen and oxygen atoms in total. The Bertz CT molecular complexity index is 1650. The summed E-state index contributed by atoms with van der Waals surface area (Å²) in [5, 5.41) is 12.4. The van der Waals surface area contributed by atoms with Gasteiger partial charge >= 0.3 is 0 Å². The quantitative estimate of drug-likeness (QED) is 0.169. The lowest BCUT2D eigenvalue weighted by Crippen LogP contribution is -2.02. The number of non-ortho nitro benzene ring substituents is 1. The van der Waals surface area contributed by atoms with Crippen molar-refractivity contribution in [3.05, 3.63) is 129 Å². The molecule has 0 unspecified atom stereocenters. The maximum Gasteiger partial charge on any atom is 0.269 e. The Morgan fingerprint density at radius 3 is 2.15 bits per heavy atom. The number of nitro benzene ring substituents is 1. The fourth-order valence-corrected chi connectivity index (χ4v) is 5.61. The summed E-state index contributed by atoms with van der Waals surface area (Å²) >= 11 is 0. The Labute approximate surface area is 229 Å². The third-order valence-corrected chi connectivity index (χ3v) is 7.93. The van der Waals surface area contributed by atoms with Gasteiger partial charge in [-0.05, 0) is 108 Å². The van der Waals surface area contributed by atoms with Crippen molar-refractivity contribution >= 4 is 16.6 Å². The molecular formula is C35H32N2O2. The van der Waals surface area contributed by atoms with Gasteiger partial charge in [0.25, 0.3) is 5.69 Å². The van der Waals surface area contributed by atoms with Crippen LogP contribution in [0.4, 0.5) is 5.69 Å². The van der Waals surface area contributed by atoms with Crippen LogP contribution in [0.3, 0.4) is 0 Å². The molecule has 0 spiro atoms. The molecule has 0 atom stereocenters. The maximum absolute atomic E-state index is 11.3. The minimum Gasteiger partial charge on any atom is -0.258 e. The number of aromatic nitrogens is 1. The molecule has 4 aromatic carbocycles. The van der Waals surface area contributed by atoms with Crippen LogP contribution >= 0.6 is 0 Å². The topological polar surface area (TPSA) is 56.0 Å². The molecule has 0 saturated heterocycles. The zero-order valence-corrected chi connectivity index (χ0v) is 22.3. The van der Waals surface area contributed by atoms with Crippen molar-refractivity contribution in [3.63, 3.8) is 0 Å². The number of hydrogen-bond acceptors (Lipinski definition) is 3. The summed E-state index contributed by atoms with van der Waals surface area (Å²) in [7, 11) is 0. The van der Waals surface area contributed by atoms with E-state index in [0.29, 0.717) is 0 Å². The SMILES string of the molecule is CCCCc1ccc2nc(-c3cc4ccc3CCc3ccc(cc3)CC4)c(-c3ccc([N+](=O)[O-])cc3)cc2c1. The van der Waals surface area contributed by atoms with Gasteiger partial charge in [-0.3, -0.25) is 10.1 Å². The first-order chi connectivity index (χ1) is 19.1. The third kappa shape index (κ3) is 5.33. The zero-order valence-electron chi connectivity index (χ0n) is 22.3. The number of nitrogens with zero attached hydrogens (tertiary/aromatic N) is 2. The lowest BCUT2D eigenvalue weighted by atomic mass is 9.89. The van der Waals surface area contributed by atoms with Crippen molar-refractivity contribution in [2.24, 2.45) is 0 Å². The summed E-state index contributed by atoms with van der Waals surface area (Å²) < 4.78 is 0. The lowest BCUT2D eigenvalue weighted by Gasteiger charge is -2.18. The fourth-order valence-electron chi connectivity index (χ4n) is 5.61. The van der Waals surface area contributed by atoms with E-state index in [-0.39, 0.29) is 10.6 Å². The number of unbranched alkanes of at least 4 members (excludes halogenated alkanes) is 1. The average molecular weight is 513 g/mol. The molecule has 39 heavy (non-hydrogen) atoms. The van der Waals surface area contributed by atoms with E-state index < -0.39 is 0 Å². The molecule has 1 aromatic heterocycles. The Kier molecular flexibility index (Phi) is 6.93. The van der Waals surface area contributed by atoms with E-state index in [1.54, 1.807) is 12.1 Å². The van der Waals surface area contributed by atoms with Crippen molar-refractivity contribution in [1.29, 1.82) is 0 Å². The van der Waals surface area contributed by atoms with Crippen molar-refractivity contribution in [3.8, 4) is 22.4 Å². The van der Waals surface area contributed by atoms with Gasteiger partial charge in [-0.25, -0.2) is 4.98 Å². The molecule has 1 heterocycles. The number of hydrogen-bond donors (Lipinski definition) is 0. The minimum atomic E-state index is -0.346. The average Bonchev–Trinajstić information content (AvgIpc) is 2.96. The standard InChI is InChI=1S/C35H32N2O2/c1-2-3-4-26-13-20-34-30(21-26)23-33(29-16-18-31(19-17-29)37(38)39)35(36-34)32-22-27-10-9-24-5-7-25(8-6-24)11-14-28(32)15-12-27/h5-8,12-13,15-23H,2-4,9-11,14H2,1H3. The minimum absolute atomic E-state index is 0.0960. The molecule has 0 saturated carbocycles. The number of benzene rings is 4. The Morgan fingerprint density at radius 2 is 1.44 bits per heavy atom. The number of rotatable bonds is 6. The van der Waals surface area contributed by atoms with Gasteiger partial charge in [-0.15, -0.1) is 0 Å². The van der Waals surface area contributed by atoms with E-state index in [9.17, 15) is 10.1 Å². The third-order valence-electron chi connectivity index (χ3n) is 7.93. The van der Waals surface area contributed by atoms with E-state index >= 15 is 0 Å². The summed E-state index contributed by atoms with van der Waals surface area (Å²) in [6.07, 6.45) is 7.22. The second kappa shape index (κ2) is 10.8. The number of aryl methyl sites for hydroxylation is 5. The molecule has 4 heteroatoms. The summed E-state index contributed by atoms with van der Waals surface area (Å²) in [5.74, 6) is 0. The number of nitro groups is 1. The number of fused-ring (bicyclic) bond motifs is 1. The molecule has 5 aromatic rings. The van der Waals surface area contributed by atoms with E-state index in [1.807, 2.05) is 12.1 Å². The van der Waals surface area contributed by atoms with E-state index in [0.717, 1.165) is 78.2 Å². The maximum atomic E-state index is 11.3. The Morgan fingerprint density at radius 1 is 0.744 bits per heavy atom. The van der Waals surface area contributed by atoms with E-state index in [1.165, 1.54) is 27.8 Å². The van der Waals surface area contributed by atoms with Gasteiger partial charge < -0.3 is 0 Å². The van der Waals surface area contributed by atoms with Crippen molar-refractivity contribution in [2.75, 3.05) is 0 Å². The molecule has 194 valence electrons. The highest BCUT2D eigenvalue weighted by Crippen LogP contribution is 2.37. The van der Waals surface area contributed by atoms with E-state index in [2.05, 4.69) is 73.7 Å². The van der Waals surface area contributed by atoms with Gasteiger partial charge in [0.15, 0.2) is 0 Å². The summed E-state index contributed by atoms with van der Waals surface area (Å²) in [4.78, 5) is 16.3. The summed E-state index contributed by atoms with van der Waals surface area (Å²) in [5.41, 5.74) is 11.7. The first kappa shape index (κ1) is 25.0. The van der Waals surface area contributed by atoms with Crippen LogP contribution in [0.2, 0.25) is 0 Å². The molecule has 4 aliphatic carbocycles. The number of pyridine rings is 1. The predicted molar refractivity (Wildman–Crippen MR) is 159 cm³/mol. The highest BCUT2D eigenvalue weighted by molar-refractivity contribution is 5.92. The van der Waals surface area contributed by atoms with Crippen LogP contribution in [-0.2, 0) is 32.1 Å². The van der Waals surface area contributed by atoms with Crippen molar-refractivity contribution in [2.45, 2.75) is 51.9 Å².